The highest BCUT2D eigenvalue weighted by Gasteiger charge is 2.42. The zero-order valence-electron chi connectivity index (χ0n) is 14.5. The lowest BCUT2D eigenvalue weighted by Crippen LogP contribution is -2.56. The van der Waals surface area contributed by atoms with Crippen LogP contribution in [0.5, 0.6) is 5.75 Å². The molecule has 6 nitrogen and oxygen atoms in total. The van der Waals surface area contributed by atoms with E-state index < -0.39 is 0 Å². The molecule has 0 radical (unpaired) electrons. The lowest BCUT2D eigenvalue weighted by molar-refractivity contribution is 0.120. The van der Waals surface area contributed by atoms with Crippen LogP contribution in [0.15, 0.2) is 12.4 Å². The summed E-state index contributed by atoms with van der Waals surface area (Å²) in [5, 5.41) is 10.9. The number of rotatable bonds is 4. The van der Waals surface area contributed by atoms with Crippen LogP contribution >= 0.6 is 11.3 Å². The summed E-state index contributed by atoms with van der Waals surface area (Å²) in [6.45, 7) is 3.32. The number of hydrogen-bond acceptors (Lipinski definition) is 6. The van der Waals surface area contributed by atoms with Gasteiger partial charge in [-0.25, -0.2) is 0 Å². The van der Waals surface area contributed by atoms with Gasteiger partial charge in [0.2, 0.25) is 0 Å². The van der Waals surface area contributed by atoms with Gasteiger partial charge in [-0.3, -0.25) is 5.10 Å². The number of anilines is 1. The van der Waals surface area contributed by atoms with Gasteiger partial charge < -0.3 is 19.7 Å². The third-order valence-electron chi connectivity index (χ3n) is 5.85. The van der Waals surface area contributed by atoms with Gasteiger partial charge in [-0.1, -0.05) is 6.42 Å². The maximum absolute atomic E-state index is 6.14. The molecule has 134 valence electrons. The molecule has 0 bridgehead atoms. The van der Waals surface area contributed by atoms with E-state index in [1.165, 1.54) is 34.7 Å². The van der Waals surface area contributed by atoms with Gasteiger partial charge in [0.25, 0.3) is 0 Å². The Balaban J connectivity index is 1.57. The van der Waals surface area contributed by atoms with Gasteiger partial charge in [0.1, 0.15) is 6.61 Å². The number of hydrogen-bond donors (Lipinski definition) is 2. The Morgan fingerprint density at radius 1 is 1.44 bits per heavy atom. The maximum atomic E-state index is 6.14. The number of thiophene rings is 1. The Labute approximate surface area is 151 Å². The van der Waals surface area contributed by atoms with E-state index in [1.807, 2.05) is 30.8 Å². The predicted molar refractivity (Wildman–Crippen MR) is 98.4 cm³/mol. The van der Waals surface area contributed by atoms with E-state index in [9.17, 15) is 0 Å². The van der Waals surface area contributed by atoms with E-state index in [1.54, 1.807) is 0 Å². The molecule has 0 saturated heterocycles. The van der Waals surface area contributed by atoms with Crippen molar-refractivity contribution in [1.29, 1.82) is 0 Å². The first-order valence-electron chi connectivity index (χ1n) is 9.13. The Morgan fingerprint density at radius 2 is 2.36 bits per heavy atom. The SMILES string of the molecule is COC[C@@H]1[C@H](C2CCC2)NCc2sc(-c3cn[nH]c3)c3c2N1CCO3. The second-order valence-corrected chi connectivity index (χ2v) is 8.29. The first-order valence-corrected chi connectivity index (χ1v) is 9.95. The first kappa shape index (κ1) is 15.7. The van der Waals surface area contributed by atoms with Gasteiger partial charge in [0, 0.05) is 36.3 Å². The molecule has 4 heterocycles. The molecule has 5 rings (SSSR count). The predicted octanol–water partition coefficient (Wildman–Crippen LogP) is 2.62. The minimum atomic E-state index is 0.367. The van der Waals surface area contributed by atoms with E-state index in [4.69, 9.17) is 9.47 Å². The van der Waals surface area contributed by atoms with E-state index in [0.717, 1.165) is 43.5 Å². The van der Waals surface area contributed by atoms with Crippen molar-refractivity contribution in [3.63, 3.8) is 0 Å². The lowest BCUT2D eigenvalue weighted by Gasteiger charge is -2.44. The van der Waals surface area contributed by atoms with Gasteiger partial charge in [-0.15, -0.1) is 11.3 Å². The highest BCUT2D eigenvalue weighted by molar-refractivity contribution is 7.16. The number of aromatic nitrogens is 2. The monoisotopic (exact) mass is 360 g/mol. The second-order valence-electron chi connectivity index (χ2n) is 7.18. The molecule has 7 heteroatoms. The Hall–Kier alpha value is -1.57. The smallest absolute Gasteiger partial charge is 0.161 e. The second kappa shape index (κ2) is 6.30. The number of aromatic amines is 1. The minimum Gasteiger partial charge on any atom is -0.488 e. The largest absolute Gasteiger partial charge is 0.488 e. The van der Waals surface area contributed by atoms with Crippen molar-refractivity contribution in [2.24, 2.45) is 5.92 Å². The summed E-state index contributed by atoms with van der Waals surface area (Å²) in [6, 6.07) is 0.864. The average molecular weight is 360 g/mol. The third kappa shape index (κ3) is 2.48. The molecule has 2 atom stereocenters. The molecule has 0 unspecified atom stereocenters. The van der Waals surface area contributed by atoms with Crippen molar-refractivity contribution in [1.82, 2.24) is 15.5 Å². The Kier molecular flexibility index (Phi) is 3.95. The molecular weight excluding hydrogens is 336 g/mol. The van der Waals surface area contributed by atoms with Crippen LogP contribution in [-0.4, -0.2) is 49.1 Å². The number of H-pyrrole nitrogens is 1. The molecule has 25 heavy (non-hydrogen) atoms. The van der Waals surface area contributed by atoms with Gasteiger partial charge in [0.15, 0.2) is 5.75 Å². The molecule has 2 aromatic heterocycles. The zero-order valence-corrected chi connectivity index (χ0v) is 15.3. The normalized spacial score (nSPS) is 25.9. The van der Waals surface area contributed by atoms with Crippen molar-refractivity contribution in [3.8, 4) is 16.2 Å². The molecule has 1 aliphatic carbocycles. The van der Waals surface area contributed by atoms with Crippen LogP contribution in [0, 0.1) is 5.92 Å². The molecule has 1 saturated carbocycles. The van der Waals surface area contributed by atoms with Crippen molar-refractivity contribution in [2.45, 2.75) is 37.9 Å². The summed E-state index contributed by atoms with van der Waals surface area (Å²) in [6.07, 6.45) is 7.86. The zero-order chi connectivity index (χ0) is 16.8. The van der Waals surface area contributed by atoms with Crippen molar-refractivity contribution < 1.29 is 9.47 Å². The van der Waals surface area contributed by atoms with Gasteiger partial charge >= 0.3 is 0 Å². The summed E-state index contributed by atoms with van der Waals surface area (Å²) < 4.78 is 11.8. The van der Waals surface area contributed by atoms with Crippen LogP contribution < -0.4 is 15.0 Å². The van der Waals surface area contributed by atoms with Crippen LogP contribution in [0.1, 0.15) is 24.1 Å². The summed E-state index contributed by atoms with van der Waals surface area (Å²) >= 11 is 1.83. The highest BCUT2D eigenvalue weighted by Crippen LogP contribution is 2.51. The topological polar surface area (TPSA) is 62.4 Å². The molecule has 0 amide bonds. The van der Waals surface area contributed by atoms with Crippen molar-refractivity contribution in [3.05, 3.63) is 17.3 Å². The van der Waals surface area contributed by atoms with E-state index in [-0.39, 0.29) is 0 Å². The number of nitrogens with one attached hydrogen (secondary N) is 2. The fourth-order valence-corrected chi connectivity index (χ4v) is 5.62. The number of nitrogens with zero attached hydrogens (tertiary/aromatic N) is 2. The van der Waals surface area contributed by atoms with Crippen molar-refractivity contribution >= 4 is 17.0 Å². The summed E-state index contributed by atoms with van der Waals surface area (Å²) in [5.74, 6) is 1.80. The third-order valence-corrected chi connectivity index (χ3v) is 7.05. The van der Waals surface area contributed by atoms with Gasteiger partial charge in [-0.05, 0) is 18.8 Å². The summed E-state index contributed by atoms with van der Waals surface area (Å²) in [4.78, 5) is 5.11. The van der Waals surface area contributed by atoms with E-state index in [2.05, 4.69) is 20.4 Å². The van der Waals surface area contributed by atoms with Crippen LogP contribution in [0.2, 0.25) is 0 Å². The Morgan fingerprint density at radius 3 is 3.08 bits per heavy atom. The van der Waals surface area contributed by atoms with Crippen LogP contribution in [0.25, 0.3) is 10.4 Å². The van der Waals surface area contributed by atoms with Gasteiger partial charge in [0.05, 0.1) is 36.0 Å². The number of ether oxygens (including phenoxy) is 2. The molecule has 3 aliphatic rings. The fourth-order valence-electron chi connectivity index (χ4n) is 4.44. The molecule has 0 aromatic carbocycles. The molecule has 2 N–H and O–H groups in total. The molecule has 1 fully saturated rings. The molecule has 0 spiro atoms. The summed E-state index contributed by atoms with van der Waals surface area (Å²) in [5.41, 5.74) is 2.39. The fraction of sp³-hybridized carbons (Fsp3) is 0.611. The van der Waals surface area contributed by atoms with Crippen molar-refractivity contribution in [2.75, 3.05) is 31.8 Å². The maximum Gasteiger partial charge on any atom is 0.161 e. The molecule has 2 aliphatic heterocycles. The molecule has 2 aromatic rings. The molecular formula is C18H24N4O2S. The number of methoxy groups -OCH3 is 1. The van der Waals surface area contributed by atoms with Crippen LogP contribution in [0.4, 0.5) is 5.69 Å². The van der Waals surface area contributed by atoms with Crippen LogP contribution in [-0.2, 0) is 11.3 Å². The minimum absolute atomic E-state index is 0.367. The van der Waals surface area contributed by atoms with Crippen LogP contribution in [0.3, 0.4) is 0 Å². The summed E-state index contributed by atoms with van der Waals surface area (Å²) in [7, 11) is 1.81. The average Bonchev–Trinajstić information content (AvgIpc) is 3.19. The van der Waals surface area contributed by atoms with E-state index >= 15 is 0 Å². The standard InChI is InChI=1S/C18H24N4O2S/c1-23-10-13-15(11-3-2-4-11)19-9-14-16-17(24-6-5-22(13)16)18(25-14)12-7-20-21-8-12/h7-8,11,13,15,19H,2-6,9-10H2,1H3,(H,20,21)/t13-,15+/m1/s1. The highest BCUT2D eigenvalue weighted by atomic mass is 32.1. The quantitative estimate of drug-likeness (QED) is 0.878. The van der Waals surface area contributed by atoms with Gasteiger partial charge in [-0.2, -0.15) is 5.10 Å². The van der Waals surface area contributed by atoms with E-state index in [0.29, 0.717) is 12.1 Å². The lowest BCUT2D eigenvalue weighted by atomic mass is 9.76. The Bertz CT molecular complexity index is 741. The first-order chi connectivity index (χ1) is 12.4.